The number of ether oxygens (including phenoxy) is 3. The average molecular weight is 266 g/mol. The first-order chi connectivity index (χ1) is 8.90. The van der Waals surface area contributed by atoms with E-state index in [0.717, 1.165) is 11.1 Å². The van der Waals surface area contributed by atoms with Crippen molar-refractivity contribution < 1.29 is 19.0 Å². The van der Waals surface area contributed by atoms with Gasteiger partial charge in [0.1, 0.15) is 22.8 Å². The molecule has 0 N–H and O–H groups in total. The molecule has 106 valence electrons. The van der Waals surface area contributed by atoms with Crippen molar-refractivity contribution in [2.45, 2.75) is 27.7 Å². The van der Waals surface area contributed by atoms with Gasteiger partial charge in [-0.2, -0.15) is 0 Å². The van der Waals surface area contributed by atoms with E-state index in [1.54, 1.807) is 21.3 Å². The molecule has 0 aliphatic rings. The number of methoxy groups -OCH3 is 3. The third kappa shape index (κ3) is 2.53. The maximum Gasteiger partial charge on any atom is 0.172 e. The fraction of sp³-hybridized carbons (Fsp3) is 0.533. The summed E-state index contributed by atoms with van der Waals surface area (Å²) < 4.78 is 16.2. The van der Waals surface area contributed by atoms with Gasteiger partial charge in [-0.15, -0.1) is 0 Å². The van der Waals surface area contributed by atoms with Crippen LogP contribution in [0.1, 0.15) is 35.3 Å². The zero-order valence-corrected chi connectivity index (χ0v) is 12.7. The minimum Gasteiger partial charge on any atom is -0.496 e. The smallest absolute Gasteiger partial charge is 0.172 e. The highest BCUT2D eigenvalue weighted by Crippen LogP contribution is 2.43. The number of Topliss-reactive ketones (excluding diaryl/α,β-unsaturated/α-hetero) is 1. The third-order valence-electron chi connectivity index (χ3n) is 3.20. The SMILES string of the molecule is COc1c(C)c(OC)c(C(=O)C(C)C)c(OC)c1C. The summed E-state index contributed by atoms with van der Waals surface area (Å²) in [5.74, 6) is 1.61. The van der Waals surface area contributed by atoms with Gasteiger partial charge in [-0.25, -0.2) is 0 Å². The minimum atomic E-state index is -0.130. The van der Waals surface area contributed by atoms with Crippen LogP contribution in [0.3, 0.4) is 0 Å². The van der Waals surface area contributed by atoms with Gasteiger partial charge >= 0.3 is 0 Å². The Kier molecular flexibility index (Phi) is 4.81. The molecular weight excluding hydrogens is 244 g/mol. The van der Waals surface area contributed by atoms with Crippen LogP contribution < -0.4 is 14.2 Å². The summed E-state index contributed by atoms with van der Waals surface area (Å²) in [5, 5.41) is 0. The molecule has 0 fully saturated rings. The molecule has 0 amide bonds. The largest absolute Gasteiger partial charge is 0.496 e. The Bertz CT molecular complexity index is 458. The van der Waals surface area contributed by atoms with Crippen LogP contribution >= 0.6 is 0 Å². The molecule has 0 radical (unpaired) electrons. The van der Waals surface area contributed by atoms with Gasteiger partial charge < -0.3 is 14.2 Å². The minimum absolute atomic E-state index is 0.00236. The molecule has 0 bridgehead atoms. The van der Waals surface area contributed by atoms with Crippen LogP contribution in [-0.4, -0.2) is 27.1 Å². The van der Waals surface area contributed by atoms with E-state index in [-0.39, 0.29) is 11.7 Å². The van der Waals surface area contributed by atoms with Crippen molar-refractivity contribution in [1.29, 1.82) is 0 Å². The number of rotatable bonds is 5. The van der Waals surface area contributed by atoms with Crippen molar-refractivity contribution in [1.82, 2.24) is 0 Å². The molecule has 1 aromatic carbocycles. The molecule has 0 aliphatic heterocycles. The molecule has 1 rings (SSSR count). The van der Waals surface area contributed by atoms with E-state index in [2.05, 4.69) is 0 Å². The summed E-state index contributed by atoms with van der Waals surface area (Å²) in [7, 11) is 4.69. The molecule has 0 spiro atoms. The molecule has 4 heteroatoms. The summed E-state index contributed by atoms with van der Waals surface area (Å²) in [6.07, 6.45) is 0. The number of hydrogen-bond acceptors (Lipinski definition) is 4. The van der Waals surface area contributed by atoms with Gasteiger partial charge in [0, 0.05) is 17.0 Å². The van der Waals surface area contributed by atoms with Crippen LogP contribution in [0.4, 0.5) is 0 Å². The topological polar surface area (TPSA) is 44.8 Å². The normalized spacial score (nSPS) is 10.5. The summed E-state index contributed by atoms with van der Waals surface area (Å²) in [5.41, 5.74) is 2.12. The first-order valence-electron chi connectivity index (χ1n) is 6.23. The van der Waals surface area contributed by atoms with E-state index in [1.807, 2.05) is 27.7 Å². The third-order valence-corrected chi connectivity index (χ3v) is 3.20. The van der Waals surface area contributed by atoms with Crippen molar-refractivity contribution in [3.8, 4) is 17.2 Å². The fourth-order valence-corrected chi connectivity index (χ4v) is 2.29. The Labute approximate surface area is 114 Å². The molecule has 19 heavy (non-hydrogen) atoms. The predicted octanol–water partition coefficient (Wildman–Crippen LogP) is 3.17. The van der Waals surface area contributed by atoms with E-state index >= 15 is 0 Å². The Hall–Kier alpha value is -1.71. The van der Waals surface area contributed by atoms with E-state index in [4.69, 9.17) is 14.2 Å². The Morgan fingerprint density at radius 1 is 0.842 bits per heavy atom. The number of carbonyl (C=O) groups is 1. The highest BCUT2D eigenvalue weighted by molar-refractivity contribution is 6.03. The zero-order valence-electron chi connectivity index (χ0n) is 12.7. The molecule has 1 aromatic rings. The number of carbonyl (C=O) groups excluding carboxylic acids is 1. The summed E-state index contributed by atoms with van der Waals surface area (Å²) in [6, 6.07) is 0. The summed E-state index contributed by atoms with van der Waals surface area (Å²) in [4.78, 5) is 12.4. The van der Waals surface area contributed by atoms with E-state index in [0.29, 0.717) is 22.8 Å². The molecule has 0 saturated carbocycles. The van der Waals surface area contributed by atoms with E-state index < -0.39 is 0 Å². The first kappa shape index (κ1) is 15.3. The van der Waals surface area contributed by atoms with Gasteiger partial charge in [-0.05, 0) is 13.8 Å². The first-order valence-corrected chi connectivity index (χ1v) is 6.23. The van der Waals surface area contributed by atoms with E-state index in [9.17, 15) is 4.79 Å². The number of benzene rings is 1. The van der Waals surface area contributed by atoms with Gasteiger partial charge in [-0.1, -0.05) is 13.8 Å². The predicted molar refractivity (Wildman–Crippen MR) is 74.7 cm³/mol. The average Bonchev–Trinajstić information content (AvgIpc) is 2.37. The zero-order chi connectivity index (χ0) is 14.7. The van der Waals surface area contributed by atoms with Crippen LogP contribution in [-0.2, 0) is 0 Å². The highest BCUT2D eigenvalue weighted by atomic mass is 16.5. The number of hydrogen-bond donors (Lipinski definition) is 0. The van der Waals surface area contributed by atoms with Crippen LogP contribution in [0, 0.1) is 19.8 Å². The fourth-order valence-electron chi connectivity index (χ4n) is 2.29. The quantitative estimate of drug-likeness (QED) is 0.768. The monoisotopic (exact) mass is 266 g/mol. The van der Waals surface area contributed by atoms with Crippen molar-refractivity contribution >= 4 is 5.78 Å². The molecule has 4 nitrogen and oxygen atoms in total. The highest BCUT2D eigenvalue weighted by Gasteiger charge is 2.27. The van der Waals surface area contributed by atoms with Crippen molar-refractivity contribution in [2.75, 3.05) is 21.3 Å². The second-order valence-electron chi connectivity index (χ2n) is 4.74. The maximum atomic E-state index is 12.4. The van der Waals surface area contributed by atoms with Crippen LogP contribution in [0.15, 0.2) is 0 Å². The van der Waals surface area contributed by atoms with Gasteiger partial charge in [0.25, 0.3) is 0 Å². The van der Waals surface area contributed by atoms with E-state index in [1.165, 1.54) is 0 Å². The molecular formula is C15H22O4. The van der Waals surface area contributed by atoms with Gasteiger partial charge in [0.05, 0.1) is 21.3 Å². The van der Waals surface area contributed by atoms with Crippen molar-refractivity contribution in [2.24, 2.45) is 5.92 Å². The molecule has 0 atom stereocenters. The molecule has 0 unspecified atom stereocenters. The lowest BCUT2D eigenvalue weighted by Crippen LogP contribution is -2.13. The lowest BCUT2D eigenvalue weighted by molar-refractivity contribution is 0.0932. The van der Waals surface area contributed by atoms with Gasteiger partial charge in [-0.3, -0.25) is 4.79 Å². The standard InChI is InChI=1S/C15H22O4/c1-8(2)12(16)11-14(18-6)9(3)13(17-5)10(4)15(11)19-7/h8H,1-7H3. The summed E-state index contributed by atoms with van der Waals surface area (Å²) in [6.45, 7) is 7.47. The molecule has 0 heterocycles. The second-order valence-corrected chi connectivity index (χ2v) is 4.74. The molecule has 0 saturated heterocycles. The Morgan fingerprint density at radius 2 is 1.21 bits per heavy atom. The molecule has 0 aromatic heterocycles. The lowest BCUT2D eigenvalue weighted by atomic mass is 9.94. The van der Waals surface area contributed by atoms with Crippen LogP contribution in [0.2, 0.25) is 0 Å². The van der Waals surface area contributed by atoms with Crippen LogP contribution in [0.25, 0.3) is 0 Å². The Balaban J connectivity index is 3.73. The summed E-state index contributed by atoms with van der Waals surface area (Å²) >= 11 is 0. The maximum absolute atomic E-state index is 12.4. The van der Waals surface area contributed by atoms with Crippen molar-refractivity contribution in [3.63, 3.8) is 0 Å². The van der Waals surface area contributed by atoms with Crippen molar-refractivity contribution in [3.05, 3.63) is 16.7 Å². The molecule has 0 aliphatic carbocycles. The number of ketones is 1. The van der Waals surface area contributed by atoms with Gasteiger partial charge in [0.15, 0.2) is 5.78 Å². The second kappa shape index (κ2) is 5.95. The van der Waals surface area contributed by atoms with Gasteiger partial charge in [0.2, 0.25) is 0 Å². The van der Waals surface area contributed by atoms with Crippen LogP contribution in [0.5, 0.6) is 17.2 Å². The lowest BCUT2D eigenvalue weighted by Gasteiger charge is -2.21. The Morgan fingerprint density at radius 3 is 1.47 bits per heavy atom.